The Morgan fingerprint density at radius 3 is 2.79 bits per heavy atom. The summed E-state index contributed by atoms with van der Waals surface area (Å²) in [5, 5.41) is 3.86. The smallest absolute Gasteiger partial charge is 0.240 e. The first-order valence-corrected chi connectivity index (χ1v) is 5.12. The summed E-state index contributed by atoms with van der Waals surface area (Å²) >= 11 is 0. The molecule has 2 N–H and O–H groups in total. The summed E-state index contributed by atoms with van der Waals surface area (Å²) in [6, 6.07) is 0. The second-order valence-electron chi connectivity index (χ2n) is 3.61. The van der Waals surface area contributed by atoms with E-state index >= 15 is 0 Å². The highest BCUT2D eigenvalue weighted by molar-refractivity contribution is 4.86. The molecule has 0 aliphatic carbocycles. The van der Waals surface area contributed by atoms with E-state index in [1.807, 2.05) is 0 Å². The molecule has 1 saturated heterocycles. The lowest BCUT2D eigenvalue weighted by molar-refractivity contribution is 0.334. The van der Waals surface area contributed by atoms with Gasteiger partial charge >= 0.3 is 0 Å². The highest BCUT2D eigenvalue weighted by Crippen LogP contribution is 2.07. The van der Waals surface area contributed by atoms with Gasteiger partial charge in [-0.2, -0.15) is 4.98 Å². The third kappa shape index (κ3) is 2.30. The molecule has 14 heavy (non-hydrogen) atoms. The van der Waals surface area contributed by atoms with E-state index in [9.17, 15) is 0 Å². The Morgan fingerprint density at radius 2 is 2.14 bits per heavy atom. The number of hydrogen-bond donors (Lipinski definition) is 1. The molecule has 1 fully saturated rings. The molecule has 0 saturated carbocycles. The molecule has 0 bridgehead atoms. The van der Waals surface area contributed by atoms with Crippen molar-refractivity contribution in [3.05, 3.63) is 11.7 Å². The minimum Gasteiger partial charge on any atom is -0.338 e. The molecule has 78 valence electrons. The van der Waals surface area contributed by atoms with Crippen molar-refractivity contribution in [1.82, 2.24) is 15.0 Å². The van der Waals surface area contributed by atoms with Crippen molar-refractivity contribution in [3.8, 4) is 0 Å². The first-order chi connectivity index (χ1) is 6.88. The first-order valence-electron chi connectivity index (χ1n) is 5.12. The van der Waals surface area contributed by atoms with Gasteiger partial charge < -0.3 is 15.2 Å². The van der Waals surface area contributed by atoms with E-state index < -0.39 is 0 Å². The van der Waals surface area contributed by atoms with Crippen LogP contribution in [0.3, 0.4) is 0 Å². The minimum absolute atomic E-state index is 0.330. The van der Waals surface area contributed by atoms with E-state index in [0.29, 0.717) is 12.4 Å². The standard InChI is InChI=1S/C9H16N4O/c10-7-9-11-8(12-14-9)3-6-13-4-1-2-5-13/h1-7,10H2. The van der Waals surface area contributed by atoms with Gasteiger partial charge in [-0.1, -0.05) is 5.16 Å². The summed E-state index contributed by atoms with van der Waals surface area (Å²) in [7, 11) is 0. The topological polar surface area (TPSA) is 68.2 Å². The Kier molecular flexibility index (Phi) is 3.10. The van der Waals surface area contributed by atoms with E-state index in [4.69, 9.17) is 10.3 Å². The van der Waals surface area contributed by atoms with Gasteiger partial charge in [0.05, 0.1) is 6.54 Å². The fourth-order valence-electron chi connectivity index (χ4n) is 1.74. The number of nitrogens with two attached hydrogens (primary N) is 1. The van der Waals surface area contributed by atoms with Crippen molar-refractivity contribution in [2.45, 2.75) is 25.8 Å². The molecule has 0 atom stereocenters. The maximum Gasteiger partial charge on any atom is 0.240 e. The largest absolute Gasteiger partial charge is 0.338 e. The second-order valence-corrected chi connectivity index (χ2v) is 3.61. The number of likely N-dealkylation sites (tertiary alicyclic amines) is 1. The predicted molar refractivity (Wildman–Crippen MR) is 51.6 cm³/mol. The molecule has 0 aromatic carbocycles. The predicted octanol–water partition coefficient (Wildman–Crippen LogP) is 0.167. The fourth-order valence-corrected chi connectivity index (χ4v) is 1.74. The zero-order chi connectivity index (χ0) is 9.80. The number of nitrogens with zero attached hydrogens (tertiary/aromatic N) is 3. The molecule has 5 nitrogen and oxygen atoms in total. The number of aromatic nitrogens is 2. The minimum atomic E-state index is 0.330. The van der Waals surface area contributed by atoms with Crippen molar-refractivity contribution < 1.29 is 4.52 Å². The van der Waals surface area contributed by atoms with E-state index in [0.717, 1.165) is 18.8 Å². The monoisotopic (exact) mass is 196 g/mol. The summed E-state index contributed by atoms with van der Waals surface area (Å²) in [6.07, 6.45) is 3.50. The first kappa shape index (κ1) is 9.61. The fraction of sp³-hybridized carbons (Fsp3) is 0.778. The van der Waals surface area contributed by atoms with Crippen LogP contribution in [-0.4, -0.2) is 34.7 Å². The van der Waals surface area contributed by atoms with Gasteiger partial charge in [0.2, 0.25) is 5.89 Å². The van der Waals surface area contributed by atoms with Crippen molar-refractivity contribution in [3.63, 3.8) is 0 Å². The van der Waals surface area contributed by atoms with Crippen LogP contribution in [0.25, 0.3) is 0 Å². The van der Waals surface area contributed by atoms with Crippen LogP contribution in [-0.2, 0) is 13.0 Å². The molecular formula is C9H16N4O. The lowest BCUT2D eigenvalue weighted by atomic mass is 10.4. The molecule has 0 amide bonds. The van der Waals surface area contributed by atoms with Gasteiger partial charge in [-0.25, -0.2) is 0 Å². The summed E-state index contributed by atoms with van der Waals surface area (Å²) in [4.78, 5) is 6.59. The third-order valence-corrected chi connectivity index (χ3v) is 2.54. The molecule has 0 spiro atoms. The van der Waals surface area contributed by atoms with Gasteiger partial charge in [0.1, 0.15) is 0 Å². The second kappa shape index (κ2) is 4.52. The van der Waals surface area contributed by atoms with Crippen LogP contribution >= 0.6 is 0 Å². The number of hydrogen-bond acceptors (Lipinski definition) is 5. The van der Waals surface area contributed by atoms with Gasteiger partial charge in [0.25, 0.3) is 0 Å². The quantitative estimate of drug-likeness (QED) is 0.743. The summed E-state index contributed by atoms with van der Waals surface area (Å²) in [5.74, 6) is 1.30. The Balaban J connectivity index is 1.79. The molecule has 5 heteroatoms. The zero-order valence-electron chi connectivity index (χ0n) is 8.28. The van der Waals surface area contributed by atoms with Crippen LogP contribution in [0.15, 0.2) is 4.52 Å². The van der Waals surface area contributed by atoms with Crippen LogP contribution in [0, 0.1) is 0 Å². The zero-order valence-corrected chi connectivity index (χ0v) is 8.28. The van der Waals surface area contributed by atoms with Crippen LogP contribution in [0.2, 0.25) is 0 Å². The highest BCUT2D eigenvalue weighted by Gasteiger charge is 2.12. The summed E-state index contributed by atoms with van der Waals surface area (Å²) in [6.45, 7) is 3.78. The normalized spacial score (nSPS) is 17.8. The molecule has 2 rings (SSSR count). The SMILES string of the molecule is NCc1nc(CCN2CCCC2)no1. The van der Waals surface area contributed by atoms with Crippen LogP contribution in [0.1, 0.15) is 24.6 Å². The van der Waals surface area contributed by atoms with E-state index in [1.165, 1.54) is 25.9 Å². The molecule has 1 aromatic rings. The molecule has 1 aromatic heterocycles. The van der Waals surface area contributed by atoms with Gasteiger partial charge in [-0.3, -0.25) is 0 Å². The average molecular weight is 196 g/mol. The molecule has 0 radical (unpaired) electrons. The van der Waals surface area contributed by atoms with E-state index in [2.05, 4.69) is 15.0 Å². The average Bonchev–Trinajstić information content (AvgIpc) is 2.86. The van der Waals surface area contributed by atoms with Crippen LogP contribution in [0.4, 0.5) is 0 Å². The van der Waals surface area contributed by atoms with Crippen LogP contribution in [0.5, 0.6) is 0 Å². The molecule has 1 aliphatic heterocycles. The van der Waals surface area contributed by atoms with Crippen molar-refractivity contribution in [2.24, 2.45) is 5.73 Å². The summed E-state index contributed by atoms with van der Waals surface area (Å²) in [5.41, 5.74) is 5.37. The Hall–Kier alpha value is -0.940. The van der Waals surface area contributed by atoms with Gasteiger partial charge in [-0.15, -0.1) is 0 Å². The molecule has 2 heterocycles. The highest BCUT2D eigenvalue weighted by atomic mass is 16.5. The molecule has 0 unspecified atom stereocenters. The molecule has 1 aliphatic rings. The van der Waals surface area contributed by atoms with Gasteiger partial charge in [0.15, 0.2) is 5.82 Å². The Bertz CT molecular complexity index is 280. The van der Waals surface area contributed by atoms with E-state index in [-0.39, 0.29) is 0 Å². The number of rotatable bonds is 4. The van der Waals surface area contributed by atoms with Gasteiger partial charge in [0, 0.05) is 13.0 Å². The lowest BCUT2D eigenvalue weighted by Gasteiger charge is -2.11. The van der Waals surface area contributed by atoms with Gasteiger partial charge in [-0.05, 0) is 25.9 Å². The Labute approximate surface area is 83.3 Å². The maximum atomic E-state index is 5.37. The maximum absolute atomic E-state index is 5.37. The lowest BCUT2D eigenvalue weighted by Crippen LogP contribution is -2.22. The van der Waals surface area contributed by atoms with Crippen molar-refractivity contribution in [1.29, 1.82) is 0 Å². The Morgan fingerprint density at radius 1 is 1.36 bits per heavy atom. The van der Waals surface area contributed by atoms with Crippen molar-refractivity contribution in [2.75, 3.05) is 19.6 Å². The summed E-state index contributed by atoms with van der Waals surface area (Å²) < 4.78 is 4.92. The van der Waals surface area contributed by atoms with Crippen LogP contribution < -0.4 is 5.73 Å². The van der Waals surface area contributed by atoms with Crippen molar-refractivity contribution >= 4 is 0 Å². The molecular weight excluding hydrogens is 180 g/mol. The van der Waals surface area contributed by atoms with E-state index in [1.54, 1.807) is 0 Å². The third-order valence-electron chi connectivity index (χ3n) is 2.54.